The van der Waals surface area contributed by atoms with E-state index < -0.39 is 23.7 Å². The molecule has 2 saturated carbocycles. The number of fused-ring (bicyclic) bond motifs is 1. The second-order valence-corrected chi connectivity index (χ2v) is 8.15. The molecule has 1 unspecified atom stereocenters. The molecular weight excluding hydrogens is 342 g/mol. The number of hydrogen-bond acceptors (Lipinski definition) is 4. The van der Waals surface area contributed by atoms with Gasteiger partial charge >= 0.3 is 5.97 Å². The van der Waals surface area contributed by atoms with Crippen LogP contribution in [0.25, 0.3) is 0 Å². The number of nitrogens with two attached hydrogens (primary N) is 1. The van der Waals surface area contributed by atoms with Gasteiger partial charge in [-0.3, -0.25) is 4.79 Å². The summed E-state index contributed by atoms with van der Waals surface area (Å²) >= 11 is 0. The normalized spacial score (nSPS) is 33.7. The van der Waals surface area contributed by atoms with Crippen molar-refractivity contribution < 1.29 is 20.1 Å². The largest absolute Gasteiger partial charge is 0.481 e. The highest BCUT2D eigenvalue weighted by molar-refractivity contribution is 5.66. The number of aliphatic hydroxyl groups excluding tert-OH is 2. The number of aliphatic carboxylic acids is 1. The topological polar surface area (TPSA) is 104 Å². The van der Waals surface area contributed by atoms with Crippen LogP contribution in [0.5, 0.6) is 0 Å². The van der Waals surface area contributed by atoms with E-state index in [1.54, 1.807) is 13.0 Å². The summed E-state index contributed by atoms with van der Waals surface area (Å²) in [6.07, 6.45) is 9.18. The van der Waals surface area contributed by atoms with Crippen molar-refractivity contribution in [3.63, 3.8) is 0 Å². The van der Waals surface area contributed by atoms with Gasteiger partial charge in [0.15, 0.2) is 0 Å². The summed E-state index contributed by atoms with van der Waals surface area (Å²) in [6, 6.07) is 0. The van der Waals surface area contributed by atoms with E-state index in [4.69, 9.17) is 10.8 Å². The number of aliphatic hydroxyl groups is 2. The van der Waals surface area contributed by atoms with Crippen molar-refractivity contribution >= 4 is 5.97 Å². The summed E-state index contributed by atoms with van der Waals surface area (Å²) in [5.41, 5.74) is 7.52. The van der Waals surface area contributed by atoms with Crippen LogP contribution in [0.15, 0.2) is 23.8 Å². The highest BCUT2D eigenvalue weighted by atomic mass is 16.4. The van der Waals surface area contributed by atoms with Crippen LogP contribution in [-0.2, 0) is 4.79 Å². The predicted octanol–water partition coefficient (Wildman–Crippen LogP) is 2.62. The minimum absolute atomic E-state index is 0.0324. The second-order valence-electron chi connectivity index (χ2n) is 8.15. The average molecular weight is 376 g/mol. The summed E-state index contributed by atoms with van der Waals surface area (Å²) in [7, 11) is 0. The number of allylic oxidation sites excluding steroid dienone is 1. The number of unbranched alkanes of at least 4 members (excludes halogenated alkanes) is 1. The molecule has 2 aliphatic rings. The van der Waals surface area contributed by atoms with Gasteiger partial charge in [0.2, 0.25) is 0 Å². The molecule has 0 spiro atoms. The van der Waals surface area contributed by atoms with Gasteiger partial charge in [-0.1, -0.05) is 30.7 Å². The Labute approximate surface area is 162 Å². The van der Waals surface area contributed by atoms with Crippen LogP contribution in [0.1, 0.15) is 58.8 Å². The number of hydrogen-bond donors (Lipinski definition) is 4. The van der Waals surface area contributed by atoms with E-state index in [2.05, 4.69) is 17.9 Å². The molecule has 0 aromatic rings. The van der Waals surface area contributed by atoms with Gasteiger partial charge in [0.05, 0.1) is 12.2 Å². The maximum atomic E-state index is 10.6. The molecule has 0 heterocycles. The fraction of sp³-hybridized carbons (Fsp3) is 0.682. The van der Waals surface area contributed by atoms with E-state index in [1.165, 1.54) is 5.57 Å². The molecule has 0 amide bonds. The van der Waals surface area contributed by atoms with Crippen LogP contribution in [0.4, 0.5) is 0 Å². The molecule has 0 aromatic carbocycles. The fourth-order valence-electron chi connectivity index (χ4n) is 4.43. The first-order chi connectivity index (χ1) is 12.8. The molecule has 27 heavy (non-hydrogen) atoms. The van der Waals surface area contributed by atoms with E-state index in [0.717, 1.165) is 19.3 Å². The maximum absolute atomic E-state index is 10.6. The molecule has 0 aliphatic heterocycles. The third kappa shape index (κ3) is 5.44. The molecule has 0 saturated heterocycles. The molecule has 2 rings (SSSR count). The van der Waals surface area contributed by atoms with Crippen molar-refractivity contribution in [2.24, 2.45) is 23.5 Å². The van der Waals surface area contributed by atoms with Crippen molar-refractivity contribution in [2.45, 2.75) is 76.5 Å². The zero-order valence-electron chi connectivity index (χ0n) is 16.4. The first-order valence-electron chi connectivity index (χ1n) is 9.90. The number of carbonyl (C=O) groups is 1. The molecule has 5 N–H and O–H groups in total. The van der Waals surface area contributed by atoms with Crippen LogP contribution in [0.3, 0.4) is 0 Å². The average Bonchev–Trinajstić information content (AvgIpc) is 3.03. The Kier molecular flexibility index (Phi) is 7.67. The third-order valence-electron chi connectivity index (χ3n) is 6.09. The van der Waals surface area contributed by atoms with Gasteiger partial charge in [0, 0.05) is 24.3 Å². The van der Waals surface area contributed by atoms with Crippen LogP contribution in [0.2, 0.25) is 0 Å². The van der Waals surface area contributed by atoms with Gasteiger partial charge in [0.25, 0.3) is 0 Å². The summed E-state index contributed by atoms with van der Waals surface area (Å²) in [4.78, 5) is 10.6. The summed E-state index contributed by atoms with van der Waals surface area (Å²) in [5.74, 6) is 5.15. The van der Waals surface area contributed by atoms with Crippen molar-refractivity contribution in [2.75, 3.05) is 0 Å². The lowest BCUT2D eigenvalue weighted by Gasteiger charge is -2.30. The second kappa shape index (κ2) is 9.54. The minimum atomic E-state index is -0.766. The zero-order chi connectivity index (χ0) is 20.0. The monoisotopic (exact) mass is 375 g/mol. The van der Waals surface area contributed by atoms with E-state index in [9.17, 15) is 15.0 Å². The lowest BCUT2D eigenvalue weighted by atomic mass is 9.82. The number of rotatable bonds is 8. The van der Waals surface area contributed by atoms with Crippen molar-refractivity contribution in [3.8, 4) is 11.8 Å². The Bertz CT molecular complexity index is 644. The molecule has 2 aliphatic carbocycles. The molecule has 150 valence electrons. The smallest absolute Gasteiger partial charge is 0.303 e. The molecule has 6 atom stereocenters. The SMILES string of the molecule is CC#CCC(C)[C@H](O)/C=C/[C@H]1[C@H](O)C[C@@H]2C/C(=C\CCCC(=O)O)C[C@@]21N. The van der Waals surface area contributed by atoms with Gasteiger partial charge < -0.3 is 21.1 Å². The van der Waals surface area contributed by atoms with Crippen LogP contribution in [-0.4, -0.2) is 39.0 Å². The quantitative estimate of drug-likeness (QED) is 0.297. The van der Waals surface area contributed by atoms with Crippen molar-refractivity contribution in [1.82, 2.24) is 0 Å². The van der Waals surface area contributed by atoms with Gasteiger partial charge in [-0.05, 0) is 50.9 Å². The van der Waals surface area contributed by atoms with Crippen LogP contribution < -0.4 is 5.73 Å². The van der Waals surface area contributed by atoms with E-state index in [-0.39, 0.29) is 24.2 Å². The lowest BCUT2D eigenvalue weighted by molar-refractivity contribution is -0.137. The van der Waals surface area contributed by atoms with Gasteiger partial charge in [0.1, 0.15) is 0 Å². The van der Waals surface area contributed by atoms with Gasteiger partial charge in [-0.15, -0.1) is 11.8 Å². The van der Waals surface area contributed by atoms with Gasteiger partial charge in [-0.2, -0.15) is 0 Å². The molecule has 5 nitrogen and oxygen atoms in total. The van der Waals surface area contributed by atoms with Crippen molar-refractivity contribution in [1.29, 1.82) is 0 Å². The molecule has 0 aromatic heterocycles. The Morgan fingerprint density at radius 2 is 2.22 bits per heavy atom. The standard InChI is InChI=1S/C22H33NO4/c1-3-4-7-15(2)19(24)11-10-18-20(25)13-17-12-16(14-22(17,18)23)8-5-6-9-21(26)27/h8,10-11,15,17-20,24-25H,5-7,9,12-14,23H2,1-2H3,(H,26,27)/b11-10+,16-8+/t15?,17-,18-,19+,20+,22+/m0/s1. The predicted molar refractivity (Wildman–Crippen MR) is 106 cm³/mol. The highest BCUT2D eigenvalue weighted by Gasteiger charge is 2.54. The van der Waals surface area contributed by atoms with Crippen LogP contribution >= 0.6 is 0 Å². The Hall–Kier alpha value is -1.61. The Balaban J connectivity index is 1.99. The molecule has 0 radical (unpaired) electrons. The van der Waals surface area contributed by atoms with Crippen LogP contribution in [0, 0.1) is 29.6 Å². The first kappa shape index (κ1) is 21.7. The maximum Gasteiger partial charge on any atom is 0.303 e. The number of carboxylic acid groups (broad SMARTS) is 1. The van der Waals surface area contributed by atoms with Crippen molar-refractivity contribution in [3.05, 3.63) is 23.8 Å². The zero-order valence-corrected chi connectivity index (χ0v) is 16.4. The van der Waals surface area contributed by atoms with E-state index in [1.807, 2.05) is 13.0 Å². The molecular formula is C22H33NO4. The summed E-state index contributed by atoms with van der Waals surface area (Å²) in [6.45, 7) is 3.74. The first-order valence-corrected chi connectivity index (χ1v) is 9.90. The molecule has 5 heteroatoms. The molecule has 2 fully saturated rings. The third-order valence-corrected chi connectivity index (χ3v) is 6.09. The lowest BCUT2D eigenvalue weighted by Crippen LogP contribution is -2.46. The highest BCUT2D eigenvalue weighted by Crippen LogP contribution is 2.52. The summed E-state index contributed by atoms with van der Waals surface area (Å²) in [5, 5.41) is 29.5. The fourth-order valence-corrected chi connectivity index (χ4v) is 4.43. The Morgan fingerprint density at radius 1 is 1.48 bits per heavy atom. The van der Waals surface area contributed by atoms with E-state index in [0.29, 0.717) is 19.3 Å². The Morgan fingerprint density at radius 3 is 2.89 bits per heavy atom. The minimum Gasteiger partial charge on any atom is -0.481 e. The van der Waals surface area contributed by atoms with E-state index >= 15 is 0 Å². The van der Waals surface area contributed by atoms with Gasteiger partial charge in [-0.25, -0.2) is 0 Å². The summed E-state index contributed by atoms with van der Waals surface area (Å²) < 4.78 is 0. The number of carboxylic acids is 1. The molecule has 0 bridgehead atoms.